The van der Waals surface area contributed by atoms with Gasteiger partial charge in [-0.05, 0) is 30.0 Å². The SMILES string of the molecule is Cn1cc2c3c(cccc31)C(=O)c1ccccc1CC2. The first kappa shape index (κ1) is 11.5. The van der Waals surface area contributed by atoms with Gasteiger partial charge in [0.2, 0.25) is 0 Å². The molecule has 1 aromatic heterocycles. The van der Waals surface area contributed by atoms with E-state index in [9.17, 15) is 4.79 Å². The summed E-state index contributed by atoms with van der Waals surface area (Å²) in [6.07, 6.45) is 4.07. The van der Waals surface area contributed by atoms with Crippen LogP contribution in [0.3, 0.4) is 0 Å². The van der Waals surface area contributed by atoms with Crippen molar-refractivity contribution in [1.82, 2.24) is 4.57 Å². The van der Waals surface area contributed by atoms with Gasteiger partial charge in [0.25, 0.3) is 0 Å². The van der Waals surface area contributed by atoms with Crippen molar-refractivity contribution in [3.63, 3.8) is 0 Å². The molecule has 0 saturated heterocycles. The molecule has 1 heterocycles. The van der Waals surface area contributed by atoms with Gasteiger partial charge in [0, 0.05) is 35.3 Å². The lowest BCUT2D eigenvalue weighted by Crippen LogP contribution is -2.09. The lowest BCUT2D eigenvalue weighted by atomic mass is 9.89. The van der Waals surface area contributed by atoms with Crippen LogP contribution in [0, 0.1) is 0 Å². The molecule has 0 unspecified atom stereocenters. The number of carbonyl (C=O) groups excluding carboxylic acids is 1. The van der Waals surface area contributed by atoms with E-state index in [-0.39, 0.29) is 5.78 Å². The van der Waals surface area contributed by atoms with Crippen LogP contribution >= 0.6 is 0 Å². The summed E-state index contributed by atoms with van der Waals surface area (Å²) in [5.41, 5.74) is 5.27. The maximum absolute atomic E-state index is 12.9. The Labute approximate surface area is 117 Å². The molecule has 98 valence electrons. The third-order valence-electron chi connectivity index (χ3n) is 4.26. The minimum atomic E-state index is 0.151. The van der Waals surface area contributed by atoms with Gasteiger partial charge in [-0.3, -0.25) is 4.79 Å². The van der Waals surface area contributed by atoms with Crippen molar-refractivity contribution in [1.29, 1.82) is 0 Å². The molecule has 0 spiro atoms. The van der Waals surface area contributed by atoms with E-state index < -0.39 is 0 Å². The van der Waals surface area contributed by atoms with Crippen molar-refractivity contribution in [2.45, 2.75) is 12.8 Å². The fraction of sp³-hybridized carbons (Fsp3) is 0.167. The van der Waals surface area contributed by atoms with Crippen LogP contribution in [0.25, 0.3) is 10.9 Å². The molecule has 2 aromatic carbocycles. The van der Waals surface area contributed by atoms with Crippen LogP contribution in [0.15, 0.2) is 48.7 Å². The number of carbonyl (C=O) groups is 1. The zero-order valence-electron chi connectivity index (χ0n) is 11.4. The number of fused-ring (bicyclic) bond motifs is 1. The highest BCUT2D eigenvalue weighted by Gasteiger charge is 2.21. The van der Waals surface area contributed by atoms with Crippen molar-refractivity contribution in [3.05, 3.63) is 70.9 Å². The van der Waals surface area contributed by atoms with E-state index in [1.165, 1.54) is 5.56 Å². The second-order valence-electron chi connectivity index (χ2n) is 5.45. The van der Waals surface area contributed by atoms with E-state index in [4.69, 9.17) is 0 Å². The summed E-state index contributed by atoms with van der Waals surface area (Å²) in [7, 11) is 2.05. The summed E-state index contributed by atoms with van der Waals surface area (Å²) in [5.74, 6) is 0.151. The molecule has 1 aliphatic rings. The maximum Gasteiger partial charge on any atom is 0.193 e. The second kappa shape index (κ2) is 4.07. The molecule has 4 rings (SSSR count). The van der Waals surface area contributed by atoms with Crippen molar-refractivity contribution in [2.75, 3.05) is 0 Å². The molecule has 0 N–H and O–H groups in total. The largest absolute Gasteiger partial charge is 0.350 e. The monoisotopic (exact) mass is 261 g/mol. The molecule has 0 amide bonds. The minimum absolute atomic E-state index is 0.151. The first-order chi connectivity index (χ1) is 9.75. The van der Waals surface area contributed by atoms with Gasteiger partial charge in [-0.2, -0.15) is 0 Å². The Bertz CT molecular complexity index is 842. The summed E-state index contributed by atoms with van der Waals surface area (Å²) in [4.78, 5) is 12.9. The fourth-order valence-electron chi connectivity index (χ4n) is 3.29. The molecule has 0 bridgehead atoms. The lowest BCUT2D eigenvalue weighted by molar-refractivity contribution is 0.103. The van der Waals surface area contributed by atoms with Gasteiger partial charge in [-0.1, -0.05) is 36.4 Å². The van der Waals surface area contributed by atoms with Crippen LogP contribution in [-0.4, -0.2) is 10.4 Å². The lowest BCUT2D eigenvalue weighted by Gasteiger charge is -2.13. The highest BCUT2D eigenvalue weighted by atomic mass is 16.1. The summed E-state index contributed by atoms with van der Waals surface area (Å²) in [6.45, 7) is 0. The Morgan fingerprint density at radius 2 is 1.65 bits per heavy atom. The molecular weight excluding hydrogens is 246 g/mol. The standard InChI is InChI=1S/C18H15NO/c1-19-11-13-10-9-12-5-2-3-6-14(12)18(20)15-7-4-8-16(19)17(13)15/h2-8,11H,9-10H2,1H3. The third-order valence-corrected chi connectivity index (χ3v) is 4.26. The highest BCUT2D eigenvalue weighted by molar-refractivity contribution is 6.17. The molecule has 2 nitrogen and oxygen atoms in total. The average molecular weight is 261 g/mol. The zero-order valence-corrected chi connectivity index (χ0v) is 11.4. The molecule has 20 heavy (non-hydrogen) atoms. The van der Waals surface area contributed by atoms with Crippen molar-refractivity contribution in [2.24, 2.45) is 7.05 Å². The molecule has 1 aliphatic carbocycles. The summed E-state index contributed by atoms with van der Waals surface area (Å²) < 4.78 is 2.12. The Morgan fingerprint density at radius 1 is 0.900 bits per heavy atom. The molecule has 0 aliphatic heterocycles. The van der Waals surface area contributed by atoms with E-state index in [1.807, 2.05) is 37.4 Å². The normalized spacial score (nSPS) is 13.9. The molecule has 0 saturated carbocycles. The van der Waals surface area contributed by atoms with Gasteiger partial charge in [-0.25, -0.2) is 0 Å². The number of aryl methyl sites for hydroxylation is 3. The zero-order chi connectivity index (χ0) is 13.7. The van der Waals surface area contributed by atoms with Gasteiger partial charge in [0.05, 0.1) is 0 Å². The number of ketones is 1. The number of hydrogen-bond acceptors (Lipinski definition) is 1. The molecule has 3 aromatic rings. The Hall–Kier alpha value is -2.35. The molecular formula is C18H15NO. The first-order valence-electron chi connectivity index (χ1n) is 6.95. The van der Waals surface area contributed by atoms with Crippen LogP contribution in [-0.2, 0) is 19.9 Å². The molecule has 0 atom stereocenters. The molecule has 0 fully saturated rings. The van der Waals surface area contributed by atoms with E-state index >= 15 is 0 Å². The van der Waals surface area contributed by atoms with E-state index in [0.717, 1.165) is 40.4 Å². The van der Waals surface area contributed by atoms with Crippen LogP contribution in [0.1, 0.15) is 27.0 Å². The topological polar surface area (TPSA) is 22.0 Å². The van der Waals surface area contributed by atoms with Crippen LogP contribution < -0.4 is 0 Å². The van der Waals surface area contributed by atoms with Gasteiger partial charge < -0.3 is 4.57 Å². The Kier molecular flexibility index (Phi) is 2.34. The fourth-order valence-corrected chi connectivity index (χ4v) is 3.29. The number of nitrogens with zero attached hydrogens (tertiary/aromatic N) is 1. The molecule has 2 heteroatoms. The minimum Gasteiger partial charge on any atom is -0.350 e. The number of hydrogen-bond donors (Lipinski definition) is 0. The van der Waals surface area contributed by atoms with Gasteiger partial charge in [0.15, 0.2) is 5.78 Å². The van der Waals surface area contributed by atoms with Crippen LogP contribution in [0.2, 0.25) is 0 Å². The Balaban J connectivity index is 2.09. The van der Waals surface area contributed by atoms with E-state index in [1.54, 1.807) is 0 Å². The van der Waals surface area contributed by atoms with Crippen molar-refractivity contribution in [3.8, 4) is 0 Å². The maximum atomic E-state index is 12.9. The number of benzene rings is 2. The second-order valence-corrected chi connectivity index (χ2v) is 5.45. The van der Waals surface area contributed by atoms with Crippen LogP contribution in [0.4, 0.5) is 0 Å². The van der Waals surface area contributed by atoms with Gasteiger partial charge in [0.1, 0.15) is 0 Å². The predicted molar refractivity (Wildman–Crippen MR) is 80.2 cm³/mol. The summed E-state index contributed by atoms with van der Waals surface area (Å²) in [5, 5.41) is 1.13. The quantitative estimate of drug-likeness (QED) is 0.607. The summed E-state index contributed by atoms with van der Waals surface area (Å²) in [6, 6.07) is 14.0. The number of rotatable bonds is 0. The predicted octanol–water partition coefficient (Wildman–Crippen LogP) is 3.51. The first-order valence-corrected chi connectivity index (χ1v) is 6.95. The number of aromatic nitrogens is 1. The van der Waals surface area contributed by atoms with Crippen LogP contribution in [0.5, 0.6) is 0 Å². The smallest absolute Gasteiger partial charge is 0.193 e. The van der Waals surface area contributed by atoms with Gasteiger partial charge in [-0.15, -0.1) is 0 Å². The Morgan fingerprint density at radius 3 is 2.55 bits per heavy atom. The van der Waals surface area contributed by atoms with Gasteiger partial charge >= 0.3 is 0 Å². The average Bonchev–Trinajstić information content (AvgIpc) is 2.80. The van der Waals surface area contributed by atoms with Crippen molar-refractivity contribution >= 4 is 16.7 Å². The highest BCUT2D eigenvalue weighted by Crippen LogP contribution is 2.30. The van der Waals surface area contributed by atoms with E-state index in [0.29, 0.717) is 0 Å². The molecule has 0 radical (unpaired) electrons. The van der Waals surface area contributed by atoms with Crippen molar-refractivity contribution < 1.29 is 4.79 Å². The van der Waals surface area contributed by atoms with E-state index in [2.05, 4.69) is 22.9 Å². The third kappa shape index (κ3) is 1.48. The summed E-state index contributed by atoms with van der Waals surface area (Å²) >= 11 is 0.